The van der Waals surface area contributed by atoms with Crippen LogP contribution < -0.4 is 14.8 Å². The molecule has 0 saturated heterocycles. The molecule has 0 amide bonds. The molecule has 3 nitrogen and oxygen atoms in total. The second-order valence-electron chi connectivity index (χ2n) is 4.97. The third-order valence-corrected chi connectivity index (χ3v) is 3.19. The van der Waals surface area contributed by atoms with Crippen molar-refractivity contribution in [3.05, 3.63) is 22.7 Å². The van der Waals surface area contributed by atoms with Gasteiger partial charge in [-0.05, 0) is 44.9 Å². The van der Waals surface area contributed by atoms with Crippen molar-refractivity contribution in [2.75, 3.05) is 7.11 Å². The first kappa shape index (κ1) is 16.1. The van der Waals surface area contributed by atoms with Gasteiger partial charge in [0.05, 0.1) is 18.2 Å². The topological polar surface area (TPSA) is 30.5 Å². The number of nitrogens with one attached hydrogen (secondary N) is 1. The lowest BCUT2D eigenvalue weighted by molar-refractivity contribution is 0.230. The minimum Gasteiger partial charge on any atom is -0.493 e. The second-order valence-corrected chi connectivity index (χ2v) is 5.37. The van der Waals surface area contributed by atoms with E-state index in [1.807, 2.05) is 26.0 Å². The van der Waals surface area contributed by atoms with E-state index in [0.29, 0.717) is 22.6 Å². The molecule has 1 aromatic rings. The number of benzene rings is 1. The fraction of sp³-hybridized carbons (Fsp3) is 0.600. The quantitative estimate of drug-likeness (QED) is 0.821. The summed E-state index contributed by atoms with van der Waals surface area (Å²) in [5.74, 6) is 1.30. The molecule has 0 heterocycles. The third kappa shape index (κ3) is 4.92. The molecule has 0 spiro atoms. The van der Waals surface area contributed by atoms with Crippen LogP contribution in [-0.4, -0.2) is 19.3 Å². The van der Waals surface area contributed by atoms with Crippen LogP contribution in [0.15, 0.2) is 12.1 Å². The van der Waals surface area contributed by atoms with Crippen molar-refractivity contribution in [2.45, 2.75) is 52.8 Å². The van der Waals surface area contributed by atoms with Gasteiger partial charge in [-0.2, -0.15) is 0 Å². The van der Waals surface area contributed by atoms with Gasteiger partial charge < -0.3 is 14.8 Å². The first-order chi connectivity index (χ1) is 8.97. The van der Waals surface area contributed by atoms with Crippen LogP contribution >= 0.6 is 11.6 Å². The van der Waals surface area contributed by atoms with Crippen molar-refractivity contribution in [3.8, 4) is 11.5 Å². The Labute approximate surface area is 121 Å². The Morgan fingerprint density at radius 1 is 1.26 bits per heavy atom. The molecule has 0 bridgehead atoms. The summed E-state index contributed by atoms with van der Waals surface area (Å²) in [7, 11) is 1.63. The van der Waals surface area contributed by atoms with Gasteiger partial charge in [0.1, 0.15) is 0 Å². The van der Waals surface area contributed by atoms with Crippen LogP contribution in [0.5, 0.6) is 11.5 Å². The molecule has 0 unspecified atom stereocenters. The van der Waals surface area contributed by atoms with E-state index < -0.39 is 0 Å². The summed E-state index contributed by atoms with van der Waals surface area (Å²) in [6.07, 6.45) is 1.16. The molecule has 0 aliphatic rings. The van der Waals surface area contributed by atoms with Gasteiger partial charge in [-0.25, -0.2) is 0 Å². The Morgan fingerprint density at radius 2 is 1.95 bits per heavy atom. The Bertz CT molecular complexity index is 407. The highest BCUT2D eigenvalue weighted by atomic mass is 35.5. The normalized spacial score (nSPS) is 12.6. The number of methoxy groups -OCH3 is 1. The lowest BCUT2D eigenvalue weighted by Gasteiger charge is -2.17. The molecule has 1 atom stereocenters. The maximum Gasteiger partial charge on any atom is 0.180 e. The number of hydrogen-bond donors (Lipinski definition) is 1. The highest BCUT2D eigenvalue weighted by Crippen LogP contribution is 2.37. The van der Waals surface area contributed by atoms with Crippen LogP contribution in [0.25, 0.3) is 0 Å². The summed E-state index contributed by atoms with van der Waals surface area (Å²) in [5, 5.41) is 4.02. The van der Waals surface area contributed by atoms with Crippen molar-refractivity contribution < 1.29 is 9.47 Å². The first-order valence-electron chi connectivity index (χ1n) is 6.74. The molecule has 1 aromatic carbocycles. The fourth-order valence-corrected chi connectivity index (χ4v) is 1.94. The van der Waals surface area contributed by atoms with E-state index in [9.17, 15) is 0 Å². The Morgan fingerprint density at radius 3 is 2.47 bits per heavy atom. The summed E-state index contributed by atoms with van der Waals surface area (Å²) >= 11 is 6.27. The maximum absolute atomic E-state index is 6.27. The minimum absolute atomic E-state index is 0.0653. The van der Waals surface area contributed by atoms with E-state index in [1.165, 1.54) is 0 Å². The van der Waals surface area contributed by atoms with Crippen LogP contribution in [0.2, 0.25) is 5.02 Å². The molecular weight excluding hydrogens is 262 g/mol. The number of rotatable bonds is 7. The largest absolute Gasteiger partial charge is 0.493 e. The molecule has 0 saturated carbocycles. The monoisotopic (exact) mass is 285 g/mol. The summed E-state index contributed by atoms with van der Waals surface area (Å²) in [6.45, 7) is 9.02. The van der Waals surface area contributed by atoms with Gasteiger partial charge in [0, 0.05) is 12.6 Å². The minimum atomic E-state index is 0.0653. The van der Waals surface area contributed by atoms with Gasteiger partial charge in [0.25, 0.3) is 0 Å². The van der Waals surface area contributed by atoms with Crippen LogP contribution in [0, 0.1) is 0 Å². The summed E-state index contributed by atoms with van der Waals surface area (Å²) in [4.78, 5) is 0. The molecule has 0 aliphatic carbocycles. The number of halogens is 1. The summed E-state index contributed by atoms with van der Waals surface area (Å²) in [6, 6.07) is 4.38. The maximum atomic E-state index is 6.27. The zero-order chi connectivity index (χ0) is 14.4. The standard InChI is InChI=1S/C15H24ClNO2/c1-6-11(4)17-9-12-7-13(16)15(19-10(2)3)14(8-12)18-5/h7-8,10-11,17H,6,9H2,1-5H3/t11-/m1/s1. The van der Waals surface area contributed by atoms with Gasteiger partial charge in [0.2, 0.25) is 0 Å². The van der Waals surface area contributed by atoms with Crippen LogP contribution in [0.1, 0.15) is 39.7 Å². The van der Waals surface area contributed by atoms with Gasteiger partial charge in [-0.1, -0.05) is 18.5 Å². The molecule has 4 heteroatoms. The van der Waals surface area contributed by atoms with Gasteiger partial charge in [-0.3, -0.25) is 0 Å². The van der Waals surface area contributed by atoms with Gasteiger partial charge in [0.15, 0.2) is 11.5 Å². The van der Waals surface area contributed by atoms with Crippen molar-refractivity contribution in [2.24, 2.45) is 0 Å². The van der Waals surface area contributed by atoms with E-state index in [4.69, 9.17) is 21.1 Å². The highest BCUT2D eigenvalue weighted by molar-refractivity contribution is 6.32. The predicted octanol–water partition coefficient (Wildman–Crippen LogP) is 4.02. The fourth-order valence-electron chi connectivity index (χ4n) is 1.66. The highest BCUT2D eigenvalue weighted by Gasteiger charge is 2.13. The average Bonchev–Trinajstić information content (AvgIpc) is 2.37. The molecule has 1 N–H and O–H groups in total. The van der Waals surface area contributed by atoms with Crippen LogP contribution in [0.3, 0.4) is 0 Å². The van der Waals surface area contributed by atoms with E-state index in [1.54, 1.807) is 7.11 Å². The second kappa shape index (κ2) is 7.61. The molecule has 0 aromatic heterocycles. The predicted molar refractivity (Wildman–Crippen MR) is 80.4 cm³/mol. The lowest BCUT2D eigenvalue weighted by Crippen LogP contribution is -2.24. The van der Waals surface area contributed by atoms with E-state index in [0.717, 1.165) is 18.5 Å². The van der Waals surface area contributed by atoms with E-state index in [-0.39, 0.29) is 6.10 Å². The van der Waals surface area contributed by atoms with Crippen molar-refractivity contribution in [3.63, 3.8) is 0 Å². The van der Waals surface area contributed by atoms with Gasteiger partial charge >= 0.3 is 0 Å². The smallest absolute Gasteiger partial charge is 0.180 e. The Hall–Kier alpha value is -0.930. The van der Waals surface area contributed by atoms with Crippen LogP contribution in [-0.2, 0) is 6.54 Å². The molecular formula is C15H24ClNO2. The number of hydrogen-bond acceptors (Lipinski definition) is 3. The SMILES string of the molecule is CC[C@@H](C)NCc1cc(Cl)c(OC(C)C)c(OC)c1. The van der Waals surface area contributed by atoms with Crippen LogP contribution in [0.4, 0.5) is 0 Å². The molecule has 0 fully saturated rings. The van der Waals surface area contributed by atoms with E-state index >= 15 is 0 Å². The Kier molecular flexibility index (Phi) is 6.46. The zero-order valence-corrected chi connectivity index (χ0v) is 13.2. The molecule has 19 heavy (non-hydrogen) atoms. The molecule has 108 valence electrons. The molecule has 0 aliphatic heterocycles. The molecule has 0 radical (unpaired) electrons. The lowest BCUT2D eigenvalue weighted by atomic mass is 10.1. The van der Waals surface area contributed by atoms with E-state index in [2.05, 4.69) is 19.2 Å². The van der Waals surface area contributed by atoms with Crippen molar-refractivity contribution in [1.29, 1.82) is 0 Å². The molecule has 1 rings (SSSR count). The van der Waals surface area contributed by atoms with Crippen molar-refractivity contribution in [1.82, 2.24) is 5.32 Å². The summed E-state index contributed by atoms with van der Waals surface area (Å²) in [5.41, 5.74) is 1.10. The van der Waals surface area contributed by atoms with Crippen molar-refractivity contribution >= 4 is 11.6 Å². The number of ether oxygens (including phenoxy) is 2. The average molecular weight is 286 g/mol. The summed E-state index contributed by atoms with van der Waals surface area (Å²) < 4.78 is 11.1. The Balaban J connectivity index is 2.89. The first-order valence-corrected chi connectivity index (χ1v) is 7.12. The van der Waals surface area contributed by atoms with Gasteiger partial charge in [-0.15, -0.1) is 0 Å². The third-order valence-electron chi connectivity index (χ3n) is 2.91. The zero-order valence-electron chi connectivity index (χ0n) is 12.4.